The molecule has 1 fully saturated rings. The number of thiophene rings is 1. The minimum Gasteiger partial charge on any atom is -0.465 e. The molecule has 0 aliphatic heterocycles. The molecule has 0 radical (unpaired) electrons. The van der Waals surface area contributed by atoms with Crippen LogP contribution in [0.25, 0.3) is 0 Å². The predicted molar refractivity (Wildman–Crippen MR) is 101 cm³/mol. The van der Waals surface area contributed by atoms with Gasteiger partial charge in [-0.3, -0.25) is 4.79 Å². The Morgan fingerprint density at radius 2 is 2.00 bits per heavy atom. The van der Waals surface area contributed by atoms with E-state index in [-0.39, 0.29) is 17.5 Å². The molecule has 1 aromatic rings. The summed E-state index contributed by atoms with van der Waals surface area (Å²) in [6.07, 6.45) is 4.22. The number of amides is 1. The van der Waals surface area contributed by atoms with Gasteiger partial charge in [0.25, 0.3) is 0 Å². The highest BCUT2D eigenvalue weighted by atomic mass is 32.1. The Kier molecular flexibility index (Phi) is 6.26. The van der Waals surface area contributed by atoms with Gasteiger partial charge in [-0.1, -0.05) is 11.8 Å². The number of carbonyl (C=O) groups is 2. The Morgan fingerprint density at radius 1 is 1.36 bits per heavy atom. The van der Waals surface area contributed by atoms with E-state index in [9.17, 15) is 9.59 Å². The fraction of sp³-hybridized carbons (Fsp3) is 0.579. The zero-order chi connectivity index (χ0) is 18.6. The number of hydrogen-bond donors (Lipinski definition) is 1. The number of esters is 1. The maximum absolute atomic E-state index is 12.2. The third-order valence-electron chi connectivity index (χ3n) is 4.17. The largest absolute Gasteiger partial charge is 0.465 e. The Bertz CT molecular complexity index is 686. The second kappa shape index (κ2) is 8.03. The maximum atomic E-state index is 12.2. The first-order valence-electron chi connectivity index (χ1n) is 8.49. The van der Waals surface area contributed by atoms with Crippen LogP contribution in [-0.4, -0.2) is 31.6 Å². The number of carbonyl (C=O) groups excluding carboxylic acids is 2. The smallest absolute Gasteiger partial charge is 0.350 e. The number of hydrogen-bond acceptors (Lipinski definition) is 5. The first kappa shape index (κ1) is 19.5. The average molecular weight is 362 g/mol. The molecule has 1 amide bonds. The number of methoxy groups -OCH3 is 1. The standard InChI is InChI=1S/C19H26N2O3S/c1-19(2,3)10-9-15-11-16(17(25-15)18(23)24-4)21(12-22)14-7-5-13(20)6-8-14/h11-14H,5-8,20H2,1-4H3. The fourth-order valence-corrected chi connectivity index (χ4v) is 3.77. The summed E-state index contributed by atoms with van der Waals surface area (Å²) in [5, 5.41) is 0. The minimum atomic E-state index is -0.442. The molecule has 5 nitrogen and oxygen atoms in total. The Morgan fingerprint density at radius 3 is 2.52 bits per heavy atom. The summed E-state index contributed by atoms with van der Waals surface area (Å²) in [5.74, 6) is 5.83. The molecule has 2 N–H and O–H groups in total. The summed E-state index contributed by atoms with van der Waals surface area (Å²) >= 11 is 1.27. The van der Waals surface area contributed by atoms with E-state index in [4.69, 9.17) is 10.5 Å². The number of anilines is 1. The number of rotatable bonds is 4. The third-order valence-corrected chi connectivity index (χ3v) is 5.19. The lowest BCUT2D eigenvalue weighted by Gasteiger charge is -2.33. The summed E-state index contributed by atoms with van der Waals surface area (Å²) in [7, 11) is 1.34. The van der Waals surface area contributed by atoms with Crippen LogP contribution < -0.4 is 10.6 Å². The Labute approximate surface area is 153 Å². The van der Waals surface area contributed by atoms with Crippen molar-refractivity contribution < 1.29 is 14.3 Å². The van der Waals surface area contributed by atoms with Crippen LogP contribution in [0, 0.1) is 17.3 Å². The highest BCUT2D eigenvalue weighted by Gasteiger charge is 2.29. The van der Waals surface area contributed by atoms with Gasteiger partial charge in [0.15, 0.2) is 0 Å². The van der Waals surface area contributed by atoms with Crippen LogP contribution >= 0.6 is 11.3 Å². The highest BCUT2D eigenvalue weighted by Crippen LogP contribution is 2.34. The van der Waals surface area contributed by atoms with Crippen LogP contribution in [0.2, 0.25) is 0 Å². The summed E-state index contributed by atoms with van der Waals surface area (Å²) in [6.45, 7) is 6.08. The summed E-state index contributed by atoms with van der Waals surface area (Å²) in [5.41, 5.74) is 6.41. The molecule has 0 bridgehead atoms. The molecular formula is C19H26N2O3S. The summed E-state index contributed by atoms with van der Waals surface area (Å²) < 4.78 is 4.90. The van der Waals surface area contributed by atoms with E-state index in [1.165, 1.54) is 18.4 Å². The van der Waals surface area contributed by atoms with Crippen molar-refractivity contribution in [1.82, 2.24) is 0 Å². The first-order chi connectivity index (χ1) is 11.7. The monoisotopic (exact) mass is 362 g/mol. The van der Waals surface area contributed by atoms with Crippen LogP contribution in [0.5, 0.6) is 0 Å². The average Bonchev–Trinajstić information content (AvgIpc) is 2.98. The Balaban J connectivity index is 2.38. The molecule has 1 aliphatic carbocycles. The molecule has 0 spiro atoms. The van der Waals surface area contributed by atoms with Gasteiger partial charge < -0.3 is 15.4 Å². The van der Waals surface area contributed by atoms with Gasteiger partial charge in [0.1, 0.15) is 4.88 Å². The molecule has 0 atom stereocenters. The molecule has 1 saturated carbocycles. The highest BCUT2D eigenvalue weighted by molar-refractivity contribution is 7.15. The van der Waals surface area contributed by atoms with Gasteiger partial charge >= 0.3 is 5.97 Å². The normalized spacial score (nSPS) is 20.4. The second-order valence-corrected chi connectivity index (χ2v) is 8.45. The van der Waals surface area contributed by atoms with Gasteiger partial charge in [0, 0.05) is 17.5 Å². The van der Waals surface area contributed by atoms with Crippen molar-refractivity contribution in [3.8, 4) is 11.8 Å². The first-order valence-corrected chi connectivity index (χ1v) is 9.31. The molecule has 0 unspecified atom stereocenters. The van der Waals surface area contributed by atoms with Crippen molar-refractivity contribution >= 4 is 29.4 Å². The van der Waals surface area contributed by atoms with E-state index < -0.39 is 5.97 Å². The zero-order valence-electron chi connectivity index (χ0n) is 15.3. The van der Waals surface area contributed by atoms with Crippen molar-refractivity contribution in [2.45, 2.75) is 58.5 Å². The van der Waals surface area contributed by atoms with Crippen molar-refractivity contribution in [2.75, 3.05) is 12.0 Å². The summed E-state index contributed by atoms with van der Waals surface area (Å²) in [4.78, 5) is 26.8. The van der Waals surface area contributed by atoms with Gasteiger partial charge in [0.2, 0.25) is 6.41 Å². The van der Waals surface area contributed by atoms with E-state index in [0.29, 0.717) is 10.6 Å². The number of nitrogens with two attached hydrogens (primary N) is 1. The minimum absolute atomic E-state index is 0.0544. The molecule has 6 heteroatoms. The van der Waals surface area contributed by atoms with Crippen LogP contribution in [-0.2, 0) is 9.53 Å². The predicted octanol–water partition coefficient (Wildman–Crippen LogP) is 3.17. The van der Waals surface area contributed by atoms with Crippen LogP contribution in [0.3, 0.4) is 0 Å². The molecular weight excluding hydrogens is 336 g/mol. The summed E-state index contributed by atoms with van der Waals surface area (Å²) in [6, 6.07) is 2.07. The quantitative estimate of drug-likeness (QED) is 0.507. The van der Waals surface area contributed by atoms with Crippen molar-refractivity contribution in [1.29, 1.82) is 0 Å². The Hall–Kier alpha value is -1.84. The number of nitrogens with zero attached hydrogens (tertiary/aromatic N) is 1. The molecule has 1 aliphatic rings. The van der Waals surface area contributed by atoms with E-state index in [1.807, 2.05) is 26.8 Å². The zero-order valence-corrected chi connectivity index (χ0v) is 16.1. The van der Waals surface area contributed by atoms with E-state index in [1.54, 1.807) is 4.90 Å². The molecule has 136 valence electrons. The molecule has 0 saturated heterocycles. The molecule has 0 aromatic carbocycles. The van der Waals surface area contributed by atoms with Crippen molar-refractivity contribution in [2.24, 2.45) is 11.1 Å². The lowest BCUT2D eigenvalue weighted by Crippen LogP contribution is -2.40. The topological polar surface area (TPSA) is 72.6 Å². The molecule has 1 aromatic heterocycles. The van der Waals surface area contributed by atoms with Crippen molar-refractivity contribution in [3.05, 3.63) is 15.8 Å². The van der Waals surface area contributed by atoms with Gasteiger partial charge in [-0.2, -0.15) is 0 Å². The number of ether oxygens (including phenoxy) is 1. The van der Waals surface area contributed by atoms with E-state index >= 15 is 0 Å². The maximum Gasteiger partial charge on any atom is 0.350 e. The van der Waals surface area contributed by atoms with Gasteiger partial charge in [-0.25, -0.2) is 4.79 Å². The second-order valence-electron chi connectivity index (χ2n) is 7.40. The van der Waals surface area contributed by atoms with Gasteiger partial charge in [0.05, 0.1) is 17.7 Å². The van der Waals surface area contributed by atoms with Crippen LogP contribution in [0.4, 0.5) is 5.69 Å². The lowest BCUT2D eigenvalue weighted by atomic mass is 9.90. The third kappa shape index (κ3) is 5.07. The van der Waals surface area contributed by atoms with Crippen molar-refractivity contribution in [3.63, 3.8) is 0 Å². The molecule has 1 heterocycles. The van der Waals surface area contributed by atoms with Gasteiger partial charge in [-0.15, -0.1) is 11.3 Å². The molecule has 25 heavy (non-hydrogen) atoms. The van der Waals surface area contributed by atoms with Gasteiger partial charge in [-0.05, 0) is 52.5 Å². The SMILES string of the molecule is COC(=O)c1sc(C#CC(C)(C)C)cc1N(C=O)C1CCC(N)CC1. The fourth-order valence-electron chi connectivity index (χ4n) is 2.84. The van der Waals surface area contributed by atoms with Crippen LogP contribution in [0.15, 0.2) is 6.07 Å². The van der Waals surface area contributed by atoms with E-state index in [0.717, 1.165) is 37.0 Å². The van der Waals surface area contributed by atoms with E-state index in [2.05, 4.69) is 11.8 Å². The van der Waals surface area contributed by atoms with Crippen LogP contribution in [0.1, 0.15) is 61.0 Å². The lowest BCUT2D eigenvalue weighted by molar-refractivity contribution is -0.108. The molecule has 2 rings (SSSR count).